The van der Waals surface area contributed by atoms with Crippen molar-refractivity contribution in [3.8, 4) is 0 Å². The number of nitrogens with one attached hydrogen (secondary N) is 1. The Labute approximate surface area is 98.4 Å². The van der Waals surface area contributed by atoms with Crippen LogP contribution in [0.4, 0.5) is 20.2 Å². The van der Waals surface area contributed by atoms with Gasteiger partial charge in [-0.1, -0.05) is 0 Å². The van der Waals surface area contributed by atoms with Gasteiger partial charge in [-0.25, -0.2) is 8.78 Å². The molecule has 0 radical (unpaired) electrons. The average Bonchev–Trinajstić information content (AvgIpc) is 2.24. The summed E-state index contributed by atoms with van der Waals surface area (Å²) in [5.41, 5.74) is 5.16. The predicted octanol–water partition coefficient (Wildman–Crippen LogP) is 1.12. The summed E-state index contributed by atoms with van der Waals surface area (Å²) in [5, 5.41) is 2.44. The lowest BCUT2D eigenvalue weighted by molar-refractivity contribution is -0.120. The fourth-order valence-electron chi connectivity index (χ4n) is 1.46. The van der Waals surface area contributed by atoms with Crippen LogP contribution in [-0.2, 0) is 4.79 Å². The molecule has 0 aromatic heterocycles. The van der Waals surface area contributed by atoms with Crippen molar-refractivity contribution in [2.24, 2.45) is 0 Å². The zero-order chi connectivity index (χ0) is 13.0. The second kappa shape index (κ2) is 5.47. The van der Waals surface area contributed by atoms with Gasteiger partial charge in [-0.05, 0) is 12.1 Å². The van der Waals surface area contributed by atoms with Gasteiger partial charge in [0.1, 0.15) is 5.69 Å². The number of halogens is 2. The lowest BCUT2D eigenvalue weighted by Crippen LogP contribution is -2.27. The minimum Gasteiger partial charge on any atom is -0.399 e. The molecule has 0 saturated heterocycles. The molecule has 6 heteroatoms. The summed E-state index contributed by atoms with van der Waals surface area (Å²) in [5.74, 6) is -1.66. The first kappa shape index (κ1) is 13.2. The van der Waals surface area contributed by atoms with E-state index in [1.807, 2.05) is 0 Å². The smallest absolute Gasteiger partial charge is 0.221 e. The molecule has 4 nitrogen and oxygen atoms in total. The van der Waals surface area contributed by atoms with E-state index < -0.39 is 11.6 Å². The van der Waals surface area contributed by atoms with E-state index in [4.69, 9.17) is 5.73 Å². The number of amides is 1. The van der Waals surface area contributed by atoms with E-state index in [0.29, 0.717) is 0 Å². The van der Waals surface area contributed by atoms with Gasteiger partial charge in [0, 0.05) is 32.7 Å². The second-order valence-electron chi connectivity index (χ2n) is 3.68. The number of rotatable bonds is 4. The van der Waals surface area contributed by atoms with E-state index in [1.54, 1.807) is 0 Å². The van der Waals surface area contributed by atoms with Crippen molar-refractivity contribution in [2.45, 2.75) is 6.42 Å². The molecule has 0 unspecified atom stereocenters. The van der Waals surface area contributed by atoms with Crippen LogP contribution in [0, 0.1) is 11.6 Å². The molecule has 0 aliphatic carbocycles. The van der Waals surface area contributed by atoms with Crippen LogP contribution in [0.1, 0.15) is 6.42 Å². The first-order valence-electron chi connectivity index (χ1n) is 5.12. The van der Waals surface area contributed by atoms with Crippen LogP contribution < -0.4 is 16.0 Å². The van der Waals surface area contributed by atoms with E-state index in [9.17, 15) is 13.6 Å². The first-order chi connectivity index (χ1) is 7.95. The van der Waals surface area contributed by atoms with Gasteiger partial charge in [0.2, 0.25) is 5.91 Å². The van der Waals surface area contributed by atoms with Gasteiger partial charge in [0.25, 0.3) is 0 Å². The van der Waals surface area contributed by atoms with Crippen molar-refractivity contribution < 1.29 is 13.6 Å². The fourth-order valence-corrected chi connectivity index (χ4v) is 1.46. The number of benzene rings is 1. The molecule has 1 rings (SSSR count). The standard InChI is InChI=1S/C11H15F2N3O/c1-15-10(17)3-4-16(2)11-8(12)5-7(14)6-9(11)13/h5-6H,3-4,14H2,1-2H3,(H,15,17). The average molecular weight is 243 g/mol. The van der Waals surface area contributed by atoms with E-state index >= 15 is 0 Å². The molecule has 0 heterocycles. The van der Waals surface area contributed by atoms with Crippen LogP contribution in [0.25, 0.3) is 0 Å². The topological polar surface area (TPSA) is 58.4 Å². The number of anilines is 2. The molecule has 17 heavy (non-hydrogen) atoms. The van der Waals surface area contributed by atoms with Crippen LogP contribution in [0.3, 0.4) is 0 Å². The maximum Gasteiger partial charge on any atom is 0.221 e. The number of hydrogen-bond donors (Lipinski definition) is 2. The molecular weight excluding hydrogens is 228 g/mol. The maximum absolute atomic E-state index is 13.5. The normalized spacial score (nSPS) is 10.1. The highest BCUT2D eigenvalue weighted by molar-refractivity contribution is 5.76. The summed E-state index contributed by atoms with van der Waals surface area (Å²) in [4.78, 5) is 12.4. The van der Waals surface area contributed by atoms with Gasteiger partial charge < -0.3 is 16.0 Å². The molecule has 0 bridgehead atoms. The van der Waals surface area contributed by atoms with Gasteiger partial charge in [0.05, 0.1) is 0 Å². The molecule has 1 amide bonds. The highest BCUT2D eigenvalue weighted by Gasteiger charge is 2.15. The Morgan fingerprint density at radius 3 is 2.41 bits per heavy atom. The van der Waals surface area contributed by atoms with Crippen molar-refractivity contribution in [2.75, 3.05) is 31.3 Å². The lowest BCUT2D eigenvalue weighted by atomic mass is 10.2. The third-order valence-electron chi connectivity index (χ3n) is 2.37. The number of nitrogens with zero attached hydrogens (tertiary/aromatic N) is 1. The van der Waals surface area contributed by atoms with Gasteiger partial charge >= 0.3 is 0 Å². The van der Waals surface area contributed by atoms with Gasteiger partial charge in [-0.2, -0.15) is 0 Å². The maximum atomic E-state index is 13.5. The Hall–Kier alpha value is -1.85. The summed E-state index contributed by atoms with van der Waals surface area (Å²) in [7, 11) is 3.02. The lowest BCUT2D eigenvalue weighted by Gasteiger charge is -2.20. The van der Waals surface area contributed by atoms with Crippen LogP contribution >= 0.6 is 0 Å². The summed E-state index contributed by atoms with van der Waals surface area (Å²) in [6.45, 7) is 0.220. The Kier molecular flexibility index (Phi) is 4.25. The summed E-state index contributed by atoms with van der Waals surface area (Å²) in [6.07, 6.45) is 0.163. The Morgan fingerprint density at radius 1 is 1.41 bits per heavy atom. The molecule has 1 aromatic carbocycles. The van der Waals surface area contributed by atoms with Crippen LogP contribution in [0.2, 0.25) is 0 Å². The highest BCUT2D eigenvalue weighted by Crippen LogP contribution is 2.25. The highest BCUT2D eigenvalue weighted by atomic mass is 19.1. The third kappa shape index (κ3) is 3.30. The zero-order valence-electron chi connectivity index (χ0n) is 9.76. The number of carbonyl (C=O) groups excluding carboxylic acids is 1. The van der Waals surface area contributed by atoms with Gasteiger partial charge in [-0.15, -0.1) is 0 Å². The van der Waals surface area contributed by atoms with Gasteiger partial charge in [0.15, 0.2) is 11.6 Å². The SMILES string of the molecule is CNC(=O)CCN(C)c1c(F)cc(N)cc1F. The minimum atomic E-state index is -0.734. The van der Waals surface area contributed by atoms with Crippen molar-refractivity contribution in [1.82, 2.24) is 5.32 Å². The van der Waals surface area contributed by atoms with E-state index in [2.05, 4.69) is 5.32 Å². The Morgan fingerprint density at radius 2 is 1.94 bits per heavy atom. The van der Waals surface area contributed by atoms with E-state index in [0.717, 1.165) is 12.1 Å². The van der Waals surface area contributed by atoms with Crippen molar-refractivity contribution in [3.63, 3.8) is 0 Å². The van der Waals surface area contributed by atoms with E-state index in [1.165, 1.54) is 19.0 Å². The molecule has 0 aliphatic heterocycles. The fraction of sp³-hybridized carbons (Fsp3) is 0.364. The number of nitrogen functional groups attached to an aromatic ring is 1. The summed E-state index contributed by atoms with van der Waals surface area (Å²) in [6, 6.07) is 2.10. The molecular formula is C11H15F2N3O. The largest absolute Gasteiger partial charge is 0.399 e. The second-order valence-corrected chi connectivity index (χ2v) is 3.68. The number of nitrogens with two attached hydrogens (primary N) is 1. The molecule has 0 spiro atoms. The summed E-state index contributed by atoms with van der Waals surface area (Å²) >= 11 is 0. The molecule has 0 saturated carbocycles. The number of hydrogen-bond acceptors (Lipinski definition) is 3. The third-order valence-corrected chi connectivity index (χ3v) is 2.37. The minimum absolute atomic E-state index is 0.0310. The molecule has 0 atom stereocenters. The van der Waals surface area contributed by atoms with Crippen LogP contribution in [0.15, 0.2) is 12.1 Å². The predicted molar refractivity (Wildman–Crippen MR) is 62.7 cm³/mol. The molecule has 94 valence electrons. The quantitative estimate of drug-likeness (QED) is 0.779. The first-order valence-corrected chi connectivity index (χ1v) is 5.12. The molecule has 1 aromatic rings. The van der Waals surface area contributed by atoms with Gasteiger partial charge in [-0.3, -0.25) is 4.79 Å². The molecule has 3 N–H and O–H groups in total. The Balaban J connectivity index is 2.82. The zero-order valence-corrected chi connectivity index (χ0v) is 9.76. The van der Waals surface area contributed by atoms with E-state index in [-0.39, 0.29) is 30.2 Å². The molecule has 0 fully saturated rings. The number of carbonyl (C=O) groups is 1. The monoisotopic (exact) mass is 243 g/mol. The molecule has 0 aliphatic rings. The van der Waals surface area contributed by atoms with Crippen molar-refractivity contribution >= 4 is 17.3 Å². The van der Waals surface area contributed by atoms with Crippen molar-refractivity contribution in [3.05, 3.63) is 23.8 Å². The Bertz CT molecular complexity index is 400. The van der Waals surface area contributed by atoms with Crippen LogP contribution in [0.5, 0.6) is 0 Å². The van der Waals surface area contributed by atoms with Crippen molar-refractivity contribution in [1.29, 1.82) is 0 Å². The summed E-state index contributed by atoms with van der Waals surface area (Å²) < 4.78 is 27.0. The van der Waals surface area contributed by atoms with Crippen LogP contribution in [-0.4, -0.2) is 26.5 Å².